The fourth-order valence-electron chi connectivity index (χ4n) is 0.927. The number of hydrogen-bond acceptors (Lipinski definition) is 2. The van der Waals surface area contributed by atoms with Crippen LogP contribution in [-0.2, 0) is 0 Å². The van der Waals surface area contributed by atoms with E-state index in [9.17, 15) is 0 Å². The van der Waals surface area contributed by atoms with Crippen LogP contribution in [0.5, 0.6) is 0 Å². The topological polar surface area (TPSA) is 24.1 Å². The Balaban J connectivity index is 2.00. The van der Waals surface area contributed by atoms with E-state index in [2.05, 4.69) is 10.6 Å². The normalized spacial score (nSPS) is 24.0. The summed E-state index contributed by atoms with van der Waals surface area (Å²) in [5, 5.41) is 6.69. The third kappa shape index (κ3) is 2.28. The summed E-state index contributed by atoms with van der Waals surface area (Å²) in [7, 11) is 0. The van der Waals surface area contributed by atoms with Crippen molar-refractivity contribution in [2.24, 2.45) is 0 Å². The Bertz CT molecular complexity index is 30.5. The van der Waals surface area contributed by atoms with Crippen LogP contribution < -0.4 is 10.6 Å². The second-order valence-electron chi connectivity index (χ2n) is 2.21. The van der Waals surface area contributed by atoms with Crippen LogP contribution in [0.25, 0.3) is 0 Å². The summed E-state index contributed by atoms with van der Waals surface area (Å²) in [6.45, 7) is 4.75. The van der Waals surface area contributed by atoms with Crippen molar-refractivity contribution in [2.45, 2.75) is 12.8 Å². The first-order valence-corrected chi connectivity index (χ1v) is 3.41. The van der Waals surface area contributed by atoms with Crippen LogP contribution in [0.4, 0.5) is 0 Å². The molecule has 2 heteroatoms. The largest absolute Gasteiger partial charge is 0.317 e. The van der Waals surface area contributed by atoms with Gasteiger partial charge in [-0.15, -0.1) is 0 Å². The molecular formula is C6H14N2. The maximum absolute atomic E-state index is 3.35. The van der Waals surface area contributed by atoms with Gasteiger partial charge in [0.25, 0.3) is 0 Å². The lowest BCUT2D eigenvalue weighted by Gasteiger charge is -2.09. The third-order valence-electron chi connectivity index (χ3n) is 1.41. The van der Waals surface area contributed by atoms with Crippen molar-refractivity contribution in [1.29, 1.82) is 0 Å². The fraction of sp³-hybridized carbons (Fsp3) is 1.00. The highest BCUT2D eigenvalue weighted by Gasteiger charge is 1.92. The SMILES string of the molecule is C1CNCCCNC1. The molecule has 0 atom stereocenters. The van der Waals surface area contributed by atoms with Gasteiger partial charge >= 0.3 is 0 Å². The zero-order valence-corrected chi connectivity index (χ0v) is 5.24. The second-order valence-corrected chi connectivity index (χ2v) is 2.21. The lowest BCUT2D eigenvalue weighted by Crippen LogP contribution is -2.29. The van der Waals surface area contributed by atoms with E-state index in [1.165, 1.54) is 39.0 Å². The molecule has 0 spiro atoms. The molecule has 1 fully saturated rings. The van der Waals surface area contributed by atoms with Crippen LogP contribution >= 0.6 is 0 Å². The van der Waals surface area contributed by atoms with Gasteiger partial charge in [0.2, 0.25) is 0 Å². The summed E-state index contributed by atoms with van der Waals surface area (Å²) in [6.07, 6.45) is 2.56. The zero-order valence-electron chi connectivity index (χ0n) is 5.24. The molecule has 0 unspecified atom stereocenters. The van der Waals surface area contributed by atoms with Crippen molar-refractivity contribution in [1.82, 2.24) is 10.6 Å². The Morgan fingerprint density at radius 1 is 0.625 bits per heavy atom. The minimum absolute atomic E-state index is 1.19. The first kappa shape index (κ1) is 6.05. The second kappa shape index (κ2) is 3.87. The van der Waals surface area contributed by atoms with Gasteiger partial charge in [-0.1, -0.05) is 0 Å². The summed E-state index contributed by atoms with van der Waals surface area (Å²) in [6, 6.07) is 0. The molecular weight excluding hydrogens is 100 g/mol. The molecule has 0 radical (unpaired) electrons. The summed E-state index contributed by atoms with van der Waals surface area (Å²) < 4.78 is 0. The molecule has 1 aliphatic heterocycles. The quantitative estimate of drug-likeness (QED) is 0.462. The Hall–Kier alpha value is -0.0800. The fourth-order valence-corrected chi connectivity index (χ4v) is 0.927. The summed E-state index contributed by atoms with van der Waals surface area (Å²) in [4.78, 5) is 0. The average Bonchev–Trinajstić information content (AvgIpc) is 1.62. The van der Waals surface area contributed by atoms with Crippen molar-refractivity contribution in [3.63, 3.8) is 0 Å². The molecule has 8 heavy (non-hydrogen) atoms. The van der Waals surface area contributed by atoms with E-state index in [0.717, 1.165) is 0 Å². The van der Waals surface area contributed by atoms with Gasteiger partial charge in [-0.05, 0) is 39.0 Å². The number of hydrogen-bond donors (Lipinski definition) is 2. The molecule has 2 nitrogen and oxygen atoms in total. The van der Waals surface area contributed by atoms with Gasteiger partial charge in [0.1, 0.15) is 0 Å². The molecule has 0 bridgehead atoms. The van der Waals surface area contributed by atoms with Gasteiger partial charge in [0.05, 0.1) is 0 Å². The summed E-state index contributed by atoms with van der Waals surface area (Å²) in [5.74, 6) is 0. The monoisotopic (exact) mass is 114 g/mol. The number of nitrogens with one attached hydrogen (secondary N) is 2. The molecule has 0 amide bonds. The first-order chi connectivity index (χ1) is 4.00. The van der Waals surface area contributed by atoms with Gasteiger partial charge in [0, 0.05) is 0 Å². The van der Waals surface area contributed by atoms with E-state index >= 15 is 0 Å². The number of rotatable bonds is 0. The summed E-state index contributed by atoms with van der Waals surface area (Å²) >= 11 is 0. The van der Waals surface area contributed by atoms with Crippen LogP contribution in [0.2, 0.25) is 0 Å². The predicted octanol–water partition coefficient (Wildman–Crippen LogP) is -0.0406. The van der Waals surface area contributed by atoms with Gasteiger partial charge in [-0.3, -0.25) is 0 Å². The van der Waals surface area contributed by atoms with E-state index < -0.39 is 0 Å². The molecule has 1 aliphatic rings. The smallest absolute Gasteiger partial charge is 0.00368 e. The maximum atomic E-state index is 3.35. The Morgan fingerprint density at radius 2 is 1.00 bits per heavy atom. The Labute approximate surface area is 50.7 Å². The van der Waals surface area contributed by atoms with Crippen molar-refractivity contribution < 1.29 is 0 Å². The van der Waals surface area contributed by atoms with E-state index in [1.807, 2.05) is 0 Å². The van der Waals surface area contributed by atoms with Gasteiger partial charge in [-0.25, -0.2) is 0 Å². The third-order valence-corrected chi connectivity index (χ3v) is 1.41. The minimum atomic E-state index is 1.19. The van der Waals surface area contributed by atoms with Crippen LogP contribution in [0.15, 0.2) is 0 Å². The van der Waals surface area contributed by atoms with E-state index in [4.69, 9.17) is 0 Å². The molecule has 0 aromatic rings. The lowest BCUT2D eigenvalue weighted by atomic mass is 10.3. The molecule has 2 N–H and O–H groups in total. The van der Waals surface area contributed by atoms with E-state index in [-0.39, 0.29) is 0 Å². The van der Waals surface area contributed by atoms with Crippen LogP contribution in [0, 0.1) is 0 Å². The maximum Gasteiger partial charge on any atom is -0.00368 e. The molecule has 0 aliphatic carbocycles. The Morgan fingerprint density at radius 3 is 1.38 bits per heavy atom. The van der Waals surface area contributed by atoms with Gasteiger partial charge in [0.15, 0.2) is 0 Å². The molecule has 0 aromatic carbocycles. The highest BCUT2D eigenvalue weighted by Crippen LogP contribution is 1.81. The highest BCUT2D eigenvalue weighted by atomic mass is 14.9. The minimum Gasteiger partial charge on any atom is -0.317 e. The van der Waals surface area contributed by atoms with Crippen molar-refractivity contribution in [3.05, 3.63) is 0 Å². The van der Waals surface area contributed by atoms with Crippen LogP contribution in [0.3, 0.4) is 0 Å². The average molecular weight is 114 g/mol. The van der Waals surface area contributed by atoms with Gasteiger partial charge in [-0.2, -0.15) is 0 Å². The lowest BCUT2D eigenvalue weighted by molar-refractivity contribution is 0.527. The molecule has 0 saturated carbocycles. The summed E-state index contributed by atoms with van der Waals surface area (Å²) in [5.41, 5.74) is 0. The molecule has 48 valence electrons. The highest BCUT2D eigenvalue weighted by molar-refractivity contribution is 4.57. The standard InChI is InChI=1S/C6H14N2/c1-3-7-5-2-6-8-4-1/h7-8H,1-6H2. The molecule has 0 aromatic heterocycles. The first-order valence-electron chi connectivity index (χ1n) is 3.41. The van der Waals surface area contributed by atoms with Crippen LogP contribution in [-0.4, -0.2) is 26.2 Å². The van der Waals surface area contributed by atoms with E-state index in [1.54, 1.807) is 0 Å². The predicted molar refractivity (Wildman–Crippen MR) is 35.0 cm³/mol. The molecule has 1 rings (SSSR count). The zero-order chi connectivity index (χ0) is 5.66. The molecule has 1 heterocycles. The van der Waals surface area contributed by atoms with Crippen molar-refractivity contribution in [3.8, 4) is 0 Å². The van der Waals surface area contributed by atoms with E-state index in [0.29, 0.717) is 0 Å². The van der Waals surface area contributed by atoms with Crippen molar-refractivity contribution in [2.75, 3.05) is 26.2 Å². The van der Waals surface area contributed by atoms with Crippen LogP contribution in [0.1, 0.15) is 12.8 Å². The van der Waals surface area contributed by atoms with Crippen molar-refractivity contribution >= 4 is 0 Å². The molecule has 1 saturated heterocycles. The van der Waals surface area contributed by atoms with Gasteiger partial charge < -0.3 is 10.6 Å². The Kier molecular flexibility index (Phi) is 2.92.